The van der Waals surface area contributed by atoms with E-state index < -0.39 is 18.8 Å². The standard InChI is InChI=1S/C6H7F3N2/c1-4-3-10-5(11-4)2-6(7,8)9/h3,5H,2H2,1H3. The van der Waals surface area contributed by atoms with Gasteiger partial charge in [0, 0.05) is 6.21 Å². The summed E-state index contributed by atoms with van der Waals surface area (Å²) in [5, 5.41) is 0. The third-order valence-corrected chi connectivity index (χ3v) is 1.20. The minimum atomic E-state index is -4.17. The molecule has 5 heteroatoms. The first kappa shape index (κ1) is 8.23. The van der Waals surface area contributed by atoms with Crippen LogP contribution in [-0.2, 0) is 0 Å². The Labute approximate surface area is 61.8 Å². The zero-order chi connectivity index (χ0) is 8.48. The Morgan fingerprint density at radius 1 is 1.55 bits per heavy atom. The normalized spacial score (nSPS) is 24.0. The van der Waals surface area contributed by atoms with Crippen LogP contribution in [-0.4, -0.2) is 24.3 Å². The van der Waals surface area contributed by atoms with Crippen LogP contribution >= 0.6 is 0 Å². The van der Waals surface area contributed by atoms with E-state index in [9.17, 15) is 13.2 Å². The van der Waals surface area contributed by atoms with Gasteiger partial charge >= 0.3 is 6.18 Å². The highest BCUT2D eigenvalue weighted by Gasteiger charge is 2.32. The van der Waals surface area contributed by atoms with E-state index >= 15 is 0 Å². The molecule has 2 nitrogen and oxygen atoms in total. The molecule has 0 amide bonds. The third kappa shape index (κ3) is 2.69. The molecule has 1 atom stereocenters. The average Bonchev–Trinajstić information content (AvgIpc) is 2.10. The van der Waals surface area contributed by atoms with Crippen molar-refractivity contribution in [3.05, 3.63) is 0 Å². The van der Waals surface area contributed by atoms with Gasteiger partial charge < -0.3 is 0 Å². The van der Waals surface area contributed by atoms with Crippen LogP contribution in [0, 0.1) is 0 Å². The molecule has 0 saturated heterocycles. The predicted molar refractivity (Wildman–Crippen MR) is 36.1 cm³/mol. The zero-order valence-corrected chi connectivity index (χ0v) is 5.89. The van der Waals surface area contributed by atoms with Crippen molar-refractivity contribution < 1.29 is 13.2 Å². The maximum atomic E-state index is 11.7. The van der Waals surface area contributed by atoms with Gasteiger partial charge in [-0.05, 0) is 6.92 Å². The van der Waals surface area contributed by atoms with Crippen LogP contribution < -0.4 is 0 Å². The molecule has 1 heterocycles. The number of alkyl halides is 3. The zero-order valence-electron chi connectivity index (χ0n) is 5.89. The van der Waals surface area contributed by atoms with Crippen molar-refractivity contribution in [3.63, 3.8) is 0 Å². The Balaban J connectivity index is 2.48. The first-order chi connectivity index (χ1) is 4.97. The highest BCUT2D eigenvalue weighted by Crippen LogP contribution is 2.24. The quantitative estimate of drug-likeness (QED) is 0.564. The van der Waals surface area contributed by atoms with Crippen LogP contribution in [0.15, 0.2) is 9.98 Å². The monoisotopic (exact) mass is 164 g/mol. The number of hydrogen-bond donors (Lipinski definition) is 0. The van der Waals surface area contributed by atoms with Gasteiger partial charge in [-0.3, -0.25) is 9.98 Å². The summed E-state index contributed by atoms with van der Waals surface area (Å²) in [4.78, 5) is 7.20. The molecule has 0 spiro atoms. The van der Waals surface area contributed by atoms with Crippen molar-refractivity contribution in [1.29, 1.82) is 0 Å². The second-order valence-corrected chi connectivity index (χ2v) is 2.35. The van der Waals surface area contributed by atoms with E-state index in [0.29, 0.717) is 5.71 Å². The third-order valence-electron chi connectivity index (χ3n) is 1.20. The van der Waals surface area contributed by atoms with E-state index in [1.54, 1.807) is 6.92 Å². The number of nitrogens with zero attached hydrogens (tertiary/aromatic N) is 2. The molecule has 0 aromatic carbocycles. The summed E-state index contributed by atoms with van der Waals surface area (Å²) < 4.78 is 35.1. The summed E-state index contributed by atoms with van der Waals surface area (Å²) in [5.41, 5.74) is 0.555. The summed E-state index contributed by atoms with van der Waals surface area (Å²) in [6.45, 7) is 1.62. The van der Waals surface area contributed by atoms with Gasteiger partial charge in [0.15, 0.2) is 0 Å². The molecule has 0 N–H and O–H groups in total. The SMILES string of the molecule is CC1=NC(CC(F)(F)F)N=C1. The Bertz CT molecular complexity index is 204. The fraction of sp³-hybridized carbons (Fsp3) is 0.667. The Morgan fingerprint density at radius 3 is 2.55 bits per heavy atom. The van der Waals surface area contributed by atoms with Crippen LogP contribution in [0.5, 0.6) is 0 Å². The molecule has 0 aromatic rings. The van der Waals surface area contributed by atoms with Gasteiger partial charge in [-0.2, -0.15) is 13.2 Å². The molecule has 0 radical (unpaired) electrons. The van der Waals surface area contributed by atoms with Gasteiger partial charge in [0.05, 0.1) is 12.1 Å². The minimum absolute atomic E-state index is 0.555. The van der Waals surface area contributed by atoms with E-state index in [-0.39, 0.29) is 0 Å². The van der Waals surface area contributed by atoms with E-state index in [1.807, 2.05) is 0 Å². The van der Waals surface area contributed by atoms with E-state index in [4.69, 9.17) is 0 Å². The second-order valence-electron chi connectivity index (χ2n) is 2.35. The van der Waals surface area contributed by atoms with Gasteiger partial charge in [0.25, 0.3) is 0 Å². The summed E-state index contributed by atoms with van der Waals surface area (Å²) in [5.74, 6) is 0. The van der Waals surface area contributed by atoms with Crippen molar-refractivity contribution in [2.24, 2.45) is 9.98 Å². The van der Waals surface area contributed by atoms with Crippen molar-refractivity contribution in [2.45, 2.75) is 25.7 Å². The molecule has 0 bridgehead atoms. The largest absolute Gasteiger partial charge is 0.393 e. The summed E-state index contributed by atoms with van der Waals surface area (Å²) in [6, 6.07) is 0. The number of hydrogen-bond acceptors (Lipinski definition) is 2. The Morgan fingerprint density at radius 2 is 2.18 bits per heavy atom. The fourth-order valence-electron chi connectivity index (χ4n) is 0.801. The lowest BCUT2D eigenvalue weighted by Crippen LogP contribution is -2.15. The molecule has 0 aromatic heterocycles. The molecular formula is C6H7F3N2. The molecule has 0 aliphatic carbocycles. The highest BCUT2D eigenvalue weighted by molar-refractivity contribution is 6.30. The van der Waals surface area contributed by atoms with Crippen LogP contribution in [0.4, 0.5) is 13.2 Å². The maximum absolute atomic E-state index is 11.7. The fourth-order valence-corrected chi connectivity index (χ4v) is 0.801. The van der Waals surface area contributed by atoms with Crippen molar-refractivity contribution in [2.75, 3.05) is 0 Å². The van der Waals surface area contributed by atoms with E-state index in [2.05, 4.69) is 9.98 Å². The van der Waals surface area contributed by atoms with Crippen molar-refractivity contribution in [1.82, 2.24) is 0 Å². The molecule has 1 rings (SSSR count). The van der Waals surface area contributed by atoms with E-state index in [1.165, 1.54) is 6.21 Å². The smallest absolute Gasteiger partial charge is 0.264 e. The molecule has 62 valence electrons. The average molecular weight is 164 g/mol. The van der Waals surface area contributed by atoms with Crippen molar-refractivity contribution in [3.8, 4) is 0 Å². The molecule has 11 heavy (non-hydrogen) atoms. The summed E-state index contributed by atoms with van der Waals surface area (Å²) in [7, 11) is 0. The molecule has 0 fully saturated rings. The highest BCUT2D eigenvalue weighted by atomic mass is 19.4. The lowest BCUT2D eigenvalue weighted by Gasteiger charge is -2.07. The number of rotatable bonds is 1. The maximum Gasteiger partial charge on any atom is 0.393 e. The van der Waals surface area contributed by atoms with Crippen LogP contribution in [0.3, 0.4) is 0 Å². The lowest BCUT2D eigenvalue weighted by molar-refractivity contribution is -0.137. The van der Waals surface area contributed by atoms with Gasteiger partial charge in [-0.25, -0.2) is 0 Å². The first-order valence-electron chi connectivity index (χ1n) is 3.12. The Hall–Kier alpha value is -0.870. The van der Waals surface area contributed by atoms with Gasteiger partial charge in [0.2, 0.25) is 0 Å². The Kier molecular flexibility index (Phi) is 1.97. The molecule has 0 saturated carbocycles. The molecular weight excluding hydrogens is 157 g/mol. The van der Waals surface area contributed by atoms with Gasteiger partial charge in [-0.1, -0.05) is 0 Å². The van der Waals surface area contributed by atoms with Crippen LogP contribution in [0.2, 0.25) is 0 Å². The summed E-state index contributed by atoms with van der Waals surface area (Å²) in [6.07, 6.45) is -4.71. The molecule has 1 aliphatic heterocycles. The second kappa shape index (κ2) is 2.64. The predicted octanol–water partition coefficient (Wildman–Crippen LogP) is 1.81. The van der Waals surface area contributed by atoms with Crippen LogP contribution in [0.1, 0.15) is 13.3 Å². The van der Waals surface area contributed by atoms with Gasteiger partial charge in [0.1, 0.15) is 6.17 Å². The lowest BCUT2D eigenvalue weighted by atomic mass is 10.3. The van der Waals surface area contributed by atoms with Gasteiger partial charge in [-0.15, -0.1) is 0 Å². The molecule has 1 unspecified atom stereocenters. The topological polar surface area (TPSA) is 24.7 Å². The molecule has 1 aliphatic rings. The van der Waals surface area contributed by atoms with Crippen molar-refractivity contribution >= 4 is 11.9 Å². The first-order valence-corrected chi connectivity index (χ1v) is 3.12. The minimum Gasteiger partial charge on any atom is -0.264 e. The van der Waals surface area contributed by atoms with E-state index in [0.717, 1.165) is 0 Å². The van der Waals surface area contributed by atoms with Crippen LogP contribution in [0.25, 0.3) is 0 Å². The number of halogens is 3. The summed E-state index contributed by atoms with van der Waals surface area (Å²) >= 11 is 0. The number of aliphatic imine (C=N–C) groups is 2.